The average Bonchev–Trinajstić information content (AvgIpc) is 1.61. The summed E-state index contributed by atoms with van der Waals surface area (Å²) in [5, 5.41) is 0. The van der Waals surface area contributed by atoms with Crippen molar-refractivity contribution in [1.29, 1.82) is 0 Å². The van der Waals surface area contributed by atoms with Gasteiger partial charge in [-0.3, -0.25) is 0 Å². The largest absolute Gasteiger partial charge is 0.309 e. The topological polar surface area (TPSA) is 3.24 Å². The molecule has 44 valence electrons. The highest BCUT2D eigenvalue weighted by Crippen LogP contribution is 1.87. The lowest BCUT2D eigenvalue weighted by Gasteiger charge is -2.05. The molecule has 0 rings (SSSR count). The van der Waals surface area contributed by atoms with E-state index in [1.807, 2.05) is 0 Å². The molecule has 0 heterocycles. The third-order valence-corrected chi connectivity index (χ3v) is 1.22. The van der Waals surface area contributed by atoms with Gasteiger partial charge in [0, 0.05) is 0 Å². The SMILES string of the molecule is CN(C)CCCP. The summed E-state index contributed by atoms with van der Waals surface area (Å²) in [6.07, 6.45) is 2.51. The van der Waals surface area contributed by atoms with E-state index in [-0.39, 0.29) is 0 Å². The molecule has 0 fully saturated rings. The first-order valence-electron chi connectivity index (χ1n) is 2.62. The Morgan fingerprint density at radius 3 is 2.14 bits per heavy atom. The van der Waals surface area contributed by atoms with Crippen LogP contribution in [0.1, 0.15) is 6.42 Å². The fourth-order valence-electron chi connectivity index (χ4n) is 0.408. The Kier molecular flexibility index (Phi) is 4.80. The number of rotatable bonds is 3. The number of hydrogen-bond donors (Lipinski definition) is 0. The molecular weight excluding hydrogens is 105 g/mol. The van der Waals surface area contributed by atoms with Crippen LogP contribution in [-0.2, 0) is 0 Å². The molecule has 0 aromatic carbocycles. The van der Waals surface area contributed by atoms with Crippen LogP contribution in [0, 0.1) is 0 Å². The van der Waals surface area contributed by atoms with Gasteiger partial charge in [0.15, 0.2) is 0 Å². The zero-order valence-electron chi connectivity index (χ0n) is 5.15. The Morgan fingerprint density at radius 1 is 1.43 bits per heavy atom. The Bertz CT molecular complexity index is 37.1. The van der Waals surface area contributed by atoms with Gasteiger partial charge in [-0.25, -0.2) is 0 Å². The fraction of sp³-hybridized carbons (Fsp3) is 1.00. The Labute approximate surface area is 48.3 Å². The van der Waals surface area contributed by atoms with E-state index < -0.39 is 0 Å². The van der Waals surface area contributed by atoms with Crippen molar-refractivity contribution in [3.8, 4) is 0 Å². The summed E-state index contributed by atoms with van der Waals surface area (Å²) in [4.78, 5) is 2.20. The van der Waals surface area contributed by atoms with Gasteiger partial charge in [0.2, 0.25) is 0 Å². The molecule has 0 radical (unpaired) electrons. The summed E-state index contributed by atoms with van der Waals surface area (Å²) in [6, 6.07) is 0. The van der Waals surface area contributed by atoms with Gasteiger partial charge in [0.05, 0.1) is 0 Å². The van der Waals surface area contributed by atoms with Gasteiger partial charge in [-0.05, 0) is 33.2 Å². The maximum Gasteiger partial charge on any atom is -0.00217 e. The Hall–Kier alpha value is 0.390. The van der Waals surface area contributed by atoms with Crippen molar-refractivity contribution in [3.05, 3.63) is 0 Å². The normalized spacial score (nSPS) is 10.3. The lowest BCUT2D eigenvalue weighted by Crippen LogP contribution is -2.12. The van der Waals surface area contributed by atoms with Crippen molar-refractivity contribution in [2.45, 2.75) is 6.42 Å². The first-order chi connectivity index (χ1) is 3.27. The second kappa shape index (κ2) is 4.55. The number of nitrogens with zero attached hydrogens (tertiary/aromatic N) is 1. The Morgan fingerprint density at radius 2 is 2.00 bits per heavy atom. The smallest absolute Gasteiger partial charge is 0.00217 e. The molecule has 0 aromatic heterocycles. The van der Waals surface area contributed by atoms with Gasteiger partial charge in [0.25, 0.3) is 0 Å². The van der Waals surface area contributed by atoms with Crippen LogP contribution >= 0.6 is 9.24 Å². The van der Waals surface area contributed by atoms with Crippen molar-refractivity contribution in [1.82, 2.24) is 4.90 Å². The van der Waals surface area contributed by atoms with Gasteiger partial charge >= 0.3 is 0 Å². The monoisotopic (exact) mass is 119 g/mol. The molecule has 0 N–H and O–H groups in total. The van der Waals surface area contributed by atoms with Gasteiger partial charge in [-0.15, -0.1) is 9.24 Å². The van der Waals surface area contributed by atoms with E-state index >= 15 is 0 Å². The molecule has 0 aliphatic rings. The van der Waals surface area contributed by atoms with Crippen LogP contribution in [0.4, 0.5) is 0 Å². The van der Waals surface area contributed by atoms with Gasteiger partial charge in [-0.1, -0.05) is 0 Å². The van der Waals surface area contributed by atoms with Crippen LogP contribution in [0.15, 0.2) is 0 Å². The molecule has 0 saturated heterocycles. The first kappa shape index (κ1) is 7.39. The first-order valence-corrected chi connectivity index (χ1v) is 3.44. The van der Waals surface area contributed by atoms with Crippen LogP contribution in [-0.4, -0.2) is 31.7 Å². The zero-order chi connectivity index (χ0) is 5.70. The van der Waals surface area contributed by atoms with Crippen LogP contribution < -0.4 is 0 Å². The van der Waals surface area contributed by atoms with Crippen LogP contribution in [0.5, 0.6) is 0 Å². The lowest BCUT2D eigenvalue weighted by atomic mass is 10.5. The van der Waals surface area contributed by atoms with Crippen molar-refractivity contribution < 1.29 is 0 Å². The van der Waals surface area contributed by atoms with Crippen molar-refractivity contribution in [2.75, 3.05) is 26.8 Å². The molecule has 1 nitrogen and oxygen atoms in total. The molecule has 1 unspecified atom stereocenters. The van der Waals surface area contributed by atoms with Crippen molar-refractivity contribution >= 4 is 9.24 Å². The molecule has 0 amide bonds. The highest BCUT2D eigenvalue weighted by molar-refractivity contribution is 7.16. The molecule has 0 aliphatic heterocycles. The van der Waals surface area contributed by atoms with Gasteiger partial charge in [0.1, 0.15) is 0 Å². The summed E-state index contributed by atoms with van der Waals surface area (Å²) in [5.74, 6) is 0. The second-order valence-electron chi connectivity index (χ2n) is 1.95. The molecule has 0 bridgehead atoms. The lowest BCUT2D eigenvalue weighted by molar-refractivity contribution is 0.410. The fourth-order valence-corrected chi connectivity index (χ4v) is 0.590. The highest BCUT2D eigenvalue weighted by Gasteiger charge is 1.83. The summed E-state index contributed by atoms with van der Waals surface area (Å²) in [6.45, 7) is 1.21. The van der Waals surface area contributed by atoms with Crippen LogP contribution in [0.25, 0.3) is 0 Å². The minimum atomic E-state index is 1.21. The molecule has 7 heavy (non-hydrogen) atoms. The molecule has 0 aromatic rings. The minimum absolute atomic E-state index is 1.21. The van der Waals surface area contributed by atoms with Crippen molar-refractivity contribution in [2.24, 2.45) is 0 Å². The molecule has 0 aliphatic carbocycles. The molecule has 0 spiro atoms. The summed E-state index contributed by atoms with van der Waals surface area (Å²) in [7, 11) is 6.91. The quantitative estimate of drug-likeness (QED) is 0.497. The number of hydrogen-bond acceptors (Lipinski definition) is 1. The van der Waals surface area contributed by atoms with Gasteiger partial charge < -0.3 is 4.90 Å². The predicted octanol–water partition coefficient (Wildman–Crippen LogP) is 0.813. The van der Waals surface area contributed by atoms with E-state index in [4.69, 9.17) is 0 Å². The van der Waals surface area contributed by atoms with E-state index in [2.05, 4.69) is 28.2 Å². The van der Waals surface area contributed by atoms with Crippen LogP contribution in [0.3, 0.4) is 0 Å². The second-order valence-corrected chi connectivity index (χ2v) is 2.52. The molecule has 0 saturated carbocycles. The average molecular weight is 119 g/mol. The molecule has 2 heteroatoms. The third kappa shape index (κ3) is 6.39. The van der Waals surface area contributed by atoms with E-state index in [0.717, 1.165) is 0 Å². The van der Waals surface area contributed by atoms with E-state index in [9.17, 15) is 0 Å². The zero-order valence-corrected chi connectivity index (χ0v) is 6.30. The Balaban J connectivity index is 2.68. The van der Waals surface area contributed by atoms with Gasteiger partial charge in [-0.2, -0.15) is 0 Å². The summed E-state index contributed by atoms with van der Waals surface area (Å²) in [5.41, 5.74) is 0. The summed E-state index contributed by atoms with van der Waals surface area (Å²) < 4.78 is 0. The predicted molar refractivity (Wildman–Crippen MR) is 37.7 cm³/mol. The third-order valence-electron chi connectivity index (χ3n) is 0.809. The molecule has 1 atom stereocenters. The highest BCUT2D eigenvalue weighted by atomic mass is 31.0. The summed E-state index contributed by atoms with van der Waals surface area (Å²) >= 11 is 0. The maximum atomic E-state index is 2.72. The van der Waals surface area contributed by atoms with E-state index in [1.165, 1.54) is 19.1 Å². The maximum absolute atomic E-state index is 2.72. The van der Waals surface area contributed by atoms with Crippen LogP contribution in [0.2, 0.25) is 0 Å². The molecular formula is C5H14NP. The standard InChI is InChI=1S/C5H14NP/c1-6(2)4-3-5-7/h3-5,7H2,1-2H3. The van der Waals surface area contributed by atoms with Crippen molar-refractivity contribution in [3.63, 3.8) is 0 Å². The van der Waals surface area contributed by atoms with E-state index in [0.29, 0.717) is 0 Å². The van der Waals surface area contributed by atoms with E-state index in [1.54, 1.807) is 0 Å². The minimum Gasteiger partial charge on any atom is -0.309 e.